The number of nitrogens with one attached hydrogen (secondary N) is 1. The summed E-state index contributed by atoms with van der Waals surface area (Å²) in [7, 11) is 1.72. The molecule has 0 amide bonds. The van der Waals surface area contributed by atoms with Crippen LogP contribution in [0.1, 0.15) is 32.6 Å². The first-order valence-corrected chi connectivity index (χ1v) is 7.44. The molecule has 1 aromatic rings. The number of hydrogen-bond donors (Lipinski definition) is 1. The minimum absolute atomic E-state index is 0.592. The van der Waals surface area contributed by atoms with Crippen molar-refractivity contribution >= 4 is 5.69 Å². The summed E-state index contributed by atoms with van der Waals surface area (Å²) in [6.07, 6.45) is 5.05. The summed E-state index contributed by atoms with van der Waals surface area (Å²) in [6, 6.07) is 8.82. The van der Waals surface area contributed by atoms with Crippen molar-refractivity contribution in [2.75, 3.05) is 32.1 Å². The van der Waals surface area contributed by atoms with Gasteiger partial charge in [0.15, 0.2) is 0 Å². The molecule has 1 heterocycles. The number of likely N-dealkylation sites (tertiary alicyclic amines) is 1. The molecule has 0 radical (unpaired) electrons. The lowest BCUT2D eigenvalue weighted by Gasteiger charge is -2.20. The molecular weight excluding hydrogens is 236 g/mol. The molecule has 1 aliphatic rings. The van der Waals surface area contributed by atoms with Crippen molar-refractivity contribution in [3.05, 3.63) is 24.3 Å². The zero-order valence-corrected chi connectivity index (χ0v) is 12.2. The van der Waals surface area contributed by atoms with Crippen LogP contribution in [0.2, 0.25) is 0 Å². The molecular formula is C16H26N2O. The van der Waals surface area contributed by atoms with Crippen LogP contribution in [0, 0.1) is 0 Å². The minimum Gasteiger partial charge on any atom is -0.497 e. The molecule has 3 nitrogen and oxygen atoms in total. The van der Waals surface area contributed by atoms with Gasteiger partial charge in [-0.25, -0.2) is 0 Å². The van der Waals surface area contributed by atoms with Crippen molar-refractivity contribution in [1.82, 2.24) is 4.90 Å². The first-order chi connectivity index (χ1) is 9.31. The maximum absolute atomic E-state index is 5.27. The zero-order valence-electron chi connectivity index (χ0n) is 12.2. The summed E-state index contributed by atoms with van der Waals surface area (Å²) in [5.74, 6) is 0.922. The van der Waals surface area contributed by atoms with E-state index in [1.165, 1.54) is 51.0 Å². The molecule has 0 spiro atoms. The molecule has 1 N–H and O–H groups in total. The van der Waals surface area contributed by atoms with Crippen LogP contribution in [0.5, 0.6) is 5.75 Å². The van der Waals surface area contributed by atoms with E-state index in [1.54, 1.807) is 7.11 Å². The van der Waals surface area contributed by atoms with Crippen LogP contribution in [0.15, 0.2) is 24.3 Å². The smallest absolute Gasteiger partial charge is 0.120 e. The van der Waals surface area contributed by atoms with E-state index >= 15 is 0 Å². The molecule has 1 saturated heterocycles. The Balaban J connectivity index is 1.88. The van der Waals surface area contributed by atoms with Crippen LogP contribution < -0.4 is 10.1 Å². The highest BCUT2D eigenvalue weighted by atomic mass is 16.5. The predicted molar refractivity (Wildman–Crippen MR) is 81.0 cm³/mol. The van der Waals surface area contributed by atoms with Gasteiger partial charge in [-0.15, -0.1) is 0 Å². The lowest BCUT2D eigenvalue weighted by molar-refractivity contribution is 0.285. The number of nitrogens with zero attached hydrogens (tertiary/aromatic N) is 1. The van der Waals surface area contributed by atoms with Gasteiger partial charge in [-0.1, -0.05) is 13.0 Å². The van der Waals surface area contributed by atoms with E-state index in [0.717, 1.165) is 5.75 Å². The molecule has 0 bridgehead atoms. The number of benzene rings is 1. The summed E-state index contributed by atoms with van der Waals surface area (Å²) in [5, 5.41) is 3.65. The monoisotopic (exact) mass is 262 g/mol. The highest BCUT2D eigenvalue weighted by Gasteiger charge is 2.16. The topological polar surface area (TPSA) is 24.5 Å². The van der Waals surface area contributed by atoms with Gasteiger partial charge < -0.3 is 15.0 Å². The van der Waals surface area contributed by atoms with E-state index in [4.69, 9.17) is 4.74 Å². The van der Waals surface area contributed by atoms with Gasteiger partial charge in [0.25, 0.3) is 0 Å². The quantitative estimate of drug-likeness (QED) is 0.880. The summed E-state index contributed by atoms with van der Waals surface area (Å²) in [4.78, 5) is 2.59. The Morgan fingerprint density at radius 2 is 2.21 bits per heavy atom. The summed E-state index contributed by atoms with van der Waals surface area (Å²) < 4.78 is 5.27. The Morgan fingerprint density at radius 1 is 1.32 bits per heavy atom. The molecule has 19 heavy (non-hydrogen) atoms. The van der Waals surface area contributed by atoms with Gasteiger partial charge in [0.1, 0.15) is 5.75 Å². The van der Waals surface area contributed by atoms with Crippen LogP contribution in [0.25, 0.3) is 0 Å². The van der Waals surface area contributed by atoms with Gasteiger partial charge in [0.05, 0.1) is 7.11 Å². The van der Waals surface area contributed by atoms with Crippen molar-refractivity contribution in [2.24, 2.45) is 0 Å². The predicted octanol–water partition coefficient (Wildman–Crippen LogP) is 3.37. The maximum Gasteiger partial charge on any atom is 0.120 e. The van der Waals surface area contributed by atoms with Crippen molar-refractivity contribution in [1.29, 1.82) is 0 Å². The summed E-state index contributed by atoms with van der Waals surface area (Å²) >= 11 is 0. The van der Waals surface area contributed by atoms with Crippen molar-refractivity contribution in [3.63, 3.8) is 0 Å². The van der Waals surface area contributed by atoms with Gasteiger partial charge >= 0.3 is 0 Å². The largest absolute Gasteiger partial charge is 0.497 e. The standard InChI is InChI=1S/C16H26N2O/c1-3-10-18-11-5-7-14(9-12-18)17-15-6-4-8-16(13-15)19-2/h4,6,8,13-14,17H,3,5,7,9-12H2,1-2H3. The van der Waals surface area contributed by atoms with Crippen molar-refractivity contribution < 1.29 is 4.74 Å². The second-order valence-electron chi connectivity index (χ2n) is 5.35. The number of hydrogen-bond acceptors (Lipinski definition) is 3. The lowest BCUT2D eigenvalue weighted by Crippen LogP contribution is -2.27. The molecule has 106 valence electrons. The minimum atomic E-state index is 0.592. The zero-order chi connectivity index (χ0) is 13.5. The van der Waals surface area contributed by atoms with E-state index < -0.39 is 0 Å². The van der Waals surface area contributed by atoms with E-state index in [2.05, 4.69) is 29.3 Å². The molecule has 0 saturated carbocycles. The number of ether oxygens (including phenoxy) is 1. The van der Waals surface area contributed by atoms with Gasteiger partial charge in [0, 0.05) is 24.3 Å². The molecule has 1 aromatic carbocycles. The highest BCUT2D eigenvalue weighted by molar-refractivity contribution is 5.48. The summed E-state index contributed by atoms with van der Waals surface area (Å²) in [6.45, 7) is 5.97. The van der Waals surface area contributed by atoms with Gasteiger partial charge in [-0.05, 0) is 50.9 Å². The molecule has 0 aliphatic carbocycles. The second kappa shape index (κ2) is 7.39. The highest BCUT2D eigenvalue weighted by Crippen LogP contribution is 2.21. The van der Waals surface area contributed by atoms with Crippen LogP contribution in [-0.4, -0.2) is 37.7 Å². The molecule has 2 rings (SSSR count). The Bertz CT molecular complexity index is 381. The van der Waals surface area contributed by atoms with E-state index in [-0.39, 0.29) is 0 Å². The van der Waals surface area contributed by atoms with Gasteiger partial charge in [-0.2, -0.15) is 0 Å². The molecule has 1 aliphatic heterocycles. The first kappa shape index (κ1) is 14.2. The number of anilines is 1. The average molecular weight is 262 g/mol. The van der Waals surface area contributed by atoms with Crippen LogP contribution in [0.4, 0.5) is 5.69 Å². The van der Waals surface area contributed by atoms with E-state index in [1.807, 2.05) is 12.1 Å². The average Bonchev–Trinajstić information content (AvgIpc) is 2.65. The molecule has 1 unspecified atom stereocenters. The number of methoxy groups -OCH3 is 1. The molecule has 1 atom stereocenters. The van der Waals surface area contributed by atoms with Crippen molar-refractivity contribution in [2.45, 2.75) is 38.6 Å². The normalized spacial score (nSPS) is 20.8. The SMILES string of the molecule is CCCN1CCCC(Nc2cccc(OC)c2)CC1. The third-order valence-electron chi connectivity index (χ3n) is 3.80. The Hall–Kier alpha value is -1.22. The second-order valence-corrected chi connectivity index (χ2v) is 5.35. The first-order valence-electron chi connectivity index (χ1n) is 7.44. The fraction of sp³-hybridized carbons (Fsp3) is 0.625. The fourth-order valence-corrected chi connectivity index (χ4v) is 2.79. The lowest BCUT2D eigenvalue weighted by atomic mass is 10.1. The fourth-order valence-electron chi connectivity index (χ4n) is 2.79. The molecule has 0 aromatic heterocycles. The third kappa shape index (κ3) is 4.43. The van der Waals surface area contributed by atoms with E-state index in [9.17, 15) is 0 Å². The Morgan fingerprint density at radius 3 is 3.00 bits per heavy atom. The van der Waals surface area contributed by atoms with Crippen LogP contribution in [-0.2, 0) is 0 Å². The van der Waals surface area contributed by atoms with Crippen LogP contribution >= 0.6 is 0 Å². The Kier molecular flexibility index (Phi) is 5.52. The summed E-state index contributed by atoms with van der Waals surface area (Å²) in [5.41, 5.74) is 1.17. The molecule has 3 heteroatoms. The third-order valence-corrected chi connectivity index (χ3v) is 3.80. The van der Waals surface area contributed by atoms with Gasteiger partial charge in [0.2, 0.25) is 0 Å². The van der Waals surface area contributed by atoms with Gasteiger partial charge in [-0.3, -0.25) is 0 Å². The molecule has 1 fully saturated rings. The maximum atomic E-state index is 5.27. The number of rotatable bonds is 5. The van der Waals surface area contributed by atoms with E-state index in [0.29, 0.717) is 6.04 Å². The Labute approximate surface area is 116 Å². The van der Waals surface area contributed by atoms with Crippen molar-refractivity contribution in [3.8, 4) is 5.75 Å². The van der Waals surface area contributed by atoms with Crippen LogP contribution in [0.3, 0.4) is 0 Å².